The normalized spacial score (nSPS) is 32.3. The summed E-state index contributed by atoms with van der Waals surface area (Å²) in [6, 6.07) is 2.40. The molecule has 1 aliphatic carbocycles. The fourth-order valence-electron chi connectivity index (χ4n) is 2.10. The lowest BCUT2D eigenvalue weighted by molar-refractivity contribution is -0.106. The van der Waals surface area contributed by atoms with Gasteiger partial charge in [0.2, 0.25) is 0 Å². The van der Waals surface area contributed by atoms with Crippen molar-refractivity contribution in [2.45, 2.75) is 65.1 Å². The molecule has 1 aliphatic rings. The van der Waals surface area contributed by atoms with Gasteiger partial charge in [-0.1, -0.05) is 13.8 Å². The molecule has 15 heavy (non-hydrogen) atoms. The molecule has 3 atom stereocenters. The first-order valence-electron chi connectivity index (χ1n) is 6.06. The van der Waals surface area contributed by atoms with Gasteiger partial charge in [0.25, 0.3) is 0 Å². The van der Waals surface area contributed by atoms with Crippen LogP contribution < -0.4 is 0 Å². The van der Waals surface area contributed by atoms with Gasteiger partial charge in [-0.3, -0.25) is 0 Å². The van der Waals surface area contributed by atoms with Crippen molar-refractivity contribution in [2.75, 3.05) is 0 Å². The van der Waals surface area contributed by atoms with E-state index in [2.05, 4.69) is 33.8 Å². The van der Waals surface area contributed by atoms with Crippen LogP contribution in [0.5, 0.6) is 0 Å². The molecular weight excluding hydrogens is 186 g/mol. The summed E-state index contributed by atoms with van der Waals surface area (Å²) in [7, 11) is 0. The van der Waals surface area contributed by atoms with E-state index in [4.69, 9.17) is 10.00 Å². The van der Waals surface area contributed by atoms with Crippen molar-refractivity contribution < 1.29 is 4.74 Å². The first-order chi connectivity index (χ1) is 6.98. The summed E-state index contributed by atoms with van der Waals surface area (Å²) in [6.45, 7) is 8.61. The average molecular weight is 209 g/mol. The van der Waals surface area contributed by atoms with Crippen LogP contribution in [0.2, 0.25) is 0 Å². The molecule has 0 spiro atoms. The SMILES string of the molecule is CCC(C)(C)OC1CC(C)CCC1C#N. The molecule has 1 saturated carbocycles. The van der Waals surface area contributed by atoms with Gasteiger partial charge in [-0.2, -0.15) is 5.26 Å². The number of nitrogens with zero attached hydrogens (tertiary/aromatic N) is 1. The smallest absolute Gasteiger partial charge is 0.0743 e. The Morgan fingerprint density at radius 2 is 2.07 bits per heavy atom. The molecule has 0 N–H and O–H groups in total. The van der Waals surface area contributed by atoms with Gasteiger partial charge < -0.3 is 4.74 Å². The van der Waals surface area contributed by atoms with Crippen molar-refractivity contribution >= 4 is 0 Å². The maximum atomic E-state index is 9.09. The predicted molar refractivity (Wildman–Crippen MR) is 61.4 cm³/mol. The van der Waals surface area contributed by atoms with Crippen LogP contribution in [0.1, 0.15) is 53.4 Å². The topological polar surface area (TPSA) is 33.0 Å². The molecule has 0 saturated heterocycles. The van der Waals surface area contributed by atoms with Crippen LogP contribution in [-0.4, -0.2) is 11.7 Å². The minimum Gasteiger partial charge on any atom is -0.371 e. The molecule has 0 aromatic heterocycles. The van der Waals surface area contributed by atoms with E-state index in [0.717, 1.165) is 19.3 Å². The molecule has 3 unspecified atom stereocenters. The van der Waals surface area contributed by atoms with Gasteiger partial charge in [-0.15, -0.1) is 0 Å². The summed E-state index contributed by atoms with van der Waals surface area (Å²) < 4.78 is 6.08. The Labute approximate surface area is 93.6 Å². The summed E-state index contributed by atoms with van der Waals surface area (Å²) in [5.41, 5.74) is -0.0865. The Morgan fingerprint density at radius 1 is 1.40 bits per heavy atom. The Morgan fingerprint density at radius 3 is 2.60 bits per heavy atom. The highest BCUT2D eigenvalue weighted by atomic mass is 16.5. The van der Waals surface area contributed by atoms with Crippen LogP contribution in [0.4, 0.5) is 0 Å². The van der Waals surface area contributed by atoms with Gasteiger partial charge in [-0.05, 0) is 45.4 Å². The van der Waals surface area contributed by atoms with E-state index in [1.807, 2.05) is 0 Å². The molecule has 2 nitrogen and oxygen atoms in total. The summed E-state index contributed by atoms with van der Waals surface area (Å²) in [5.74, 6) is 0.805. The number of ether oxygens (including phenoxy) is 1. The summed E-state index contributed by atoms with van der Waals surface area (Å²) >= 11 is 0. The lowest BCUT2D eigenvalue weighted by Gasteiger charge is -2.37. The van der Waals surface area contributed by atoms with E-state index in [1.54, 1.807) is 0 Å². The van der Waals surface area contributed by atoms with E-state index in [1.165, 1.54) is 6.42 Å². The second-order valence-electron chi connectivity index (χ2n) is 5.42. The molecule has 1 rings (SSSR count). The van der Waals surface area contributed by atoms with Crippen molar-refractivity contribution in [3.8, 4) is 6.07 Å². The quantitative estimate of drug-likeness (QED) is 0.712. The Balaban J connectivity index is 2.60. The first-order valence-corrected chi connectivity index (χ1v) is 6.06. The minimum absolute atomic E-state index is 0.0865. The van der Waals surface area contributed by atoms with Crippen LogP contribution >= 0.6 is 0 Å². The molecule has 1 fully saturated rings. The van der Waals surface area contributed by atoms with E-state index < -0.39 is 0 Å². The molecule has 0 bridgehead atoms. The van der Waals surface area contributed by atoms with E-state index in [9.17, 15) is 0 Å². The molecule has 0 aliphatic heterocycles. The van der Waals surface area contributed by atoms with Crippen LogP contribution in [-0.2, 0) is 4.74 Å². The van der Waals surface area contributed by atoms with Gasteiger partial charge in [0, 0.05) is 0 Å². The van der Waals surface area contributed by atoms with Crippen molar-refractivity contribution in [2.24, 2.45) is 11.8 Å². The van der Waals surface area contributed by atoms with Crippen molar-refractivity contribution in [1.29, 1.82) is 5.26 Å². The number of hydrogen-bond acceptors (Lipinski definition) is 2. The zero-order valence-corrected chi connectivity index (χ0v) is 10.4. The van der Waals surface area contributed by atoms with E-state index in [0.29, 0.717) is 5.92 Å². The third kappa shape index (κ3) is 3.50. The highest BCUT2D eigenvalue weighted by molar-refractivity contribution is 4.94. The third-order valence-corrected chi connectivity index (χ3v) is 3.54. The first kappa shape index (κ1) is 12.5. The molecule has 0 heterocycles. The van der Waals surface area contributed by atoms with Crippen molar-refractivity contribution in [1.82, 2.24) is 0 Å². The van der Waals surface area contributed by atoms with Gasteiger partial charge in [0.1, 0.15) is 0 Å². The predicted octanol–water partition coefficient (Wildman–Crippen LogP) is 3.52. The Kier molecular flexibility index (Phi) is 4.16. The van der Waals surface area contributed by atoms with Crippen LogP contribution in [0, 0.1) is 23.2 Å². The molecule has 0 amide bonds. The molecule has 0 aromatic carbocycles. The molecule has 86 valence electrons. The molecule has 2 heteroatoms. The largest absolute Gasteiger partial charge is 0.371 e. The lowest BCUT2D eigenvalue weighted by Crippen LogP contribution is -2.37. The van der Waals surface area contributed by atoms with Crippen LogP contribution in [0.15, 0.2) is 0 Å². The maximum Gasteiger partial charge on any atom is 0.0743 e. The van der Waals surface area contributed by atoms with E-state index in [-0.39, 0.29) is 17.6 Å². The summed E-state index contributed by atoms with van der Waals surface area (Å²) in [4.78, 5) is 0. The summed E-state index contributed by atoms with van der Waals surface area (Å²) in [5, 5.41) is 9.09. The average Bonchev–Trinajstić information content (AvgIpc) is 2.18. The number of nitriles is 1. The highest BCUT2D eigenvalue weighted by Crippen LogP contribution is 2.33. The lowest BCUT2D eigenvalue weighted by atomic mass is 9.81. The number of rotatable bonds is 3. The Hall–Kier alpha value is -0.550. The Bertz CT molecular complexity index is 241. The van der Waals surface area contributed by atoms with E-state index >= 15 is 0 Å². The fourth-order valence-corrected chi connectivity index (χ4v) is 2.10. The van der Waals surface area contributed by atoms with Gasteiger partial charge in [0.15, 0.2) is 0 Å². The summed E-state index contributed by atoms with van der Waals surface area (Å²) in [6.07, 6.45) is 4.36. The fraction of sp³-hybridized carbons (Fsp3) is 0.923. The zero-order chi connectivity index (χ0) is 11.5. The molecule has 0 aromatic rings. The maximum absolute atomic E-state index is 9.09. The standard InChI is InChI=1S/C13H23NO/c1-5-13(3,4)15-12-8-10(2)6-7-11(12)9-14/h10-12H,5-8H2,1-4H3. The third-order valence-electron chi connectivity index (χ3n) is 3.54. The number of hydrogen-bond donors (Lipinski definition) is 0. The monoisotopic (exact) mass is 209 g/mol. The van der Waals surface area contributed by atoms with Crippen molar-refractivity contribution in [3.63, 3.8) is 0 Å². The molecule has 0 radical (unpaired) electrons. The van der Waals surface area contributed by atoms with Crippen LogP contribution in [0.25, 0.3) is 0 Å². The van der Waals surface area contributed by atoms with Crippen LogP contribution in [0.3, 0.4) is 0 Å². The molecular formula is C13H23NO. The second-order valence-corrected chi connectivity index (χ2v) is 5.42. The van der Waals surface area contributed by atoms with Gasteiger partial charge in [0.05, 0.1) is 23.7 Å². The van der Waals surface area contributed by atoms with Gasteiger partial charge >= 0.3 is 0 Å². The zero-order valence-electron chi connectivity index (χ0n) is 10.4. The highest BCUT2D eigenvalue weighted by Gasteiger charge is 2.33. The second kappa shape index (κ2) is 4.99. The van der Waals surface area contributed by atoms with Crippen molar-refractivity contribution in [3.05, 3.63) is 0 Å². The van der Waals surface area contributed by atoms with Gasteiger partial charge in [-0.25, -0.2) is 0 Å². The minimum atomic E-state index is -0.0865.